The van der Waals surface area contributed by atoms with Crippen molar-refractivity contribution in [1.82, 2.24) is 0 Å². The Morgan fingerprint density at radius 1 is 1.32 bits per heavy atom. The van der Waals surface area contributed by atoms with Gasteiger partial charge in [0.2, 0.25) is 10.0 Å². The van der Waals surface area contributed by atoms with Crippen LogP contribution in [0.3, 0.4) is 0 Å². The smallest absolute Gasteiger partial charge is 0.235 e. The number of benzene rings is 1. The van der Waals surface area contributed by atoms with Crippen molar-refractivity contribution in [2.45, 2.75) is 26.2 Å². The van der Waals surface area contributed by atoms with Gasteiger partial charge in [-0.15, -0.1) is 0 Å². The van der Waals surface area contributed by atoms with Crippen molar-refractivity contribution in [3.8, 4) is 5.75 Å². The molecule has 0 fully saturated rings. The summed E-state index contributed by atoms with van der Waals surface area (Å²) in [5, 5.41) is 9.73. The maximum absolute atomic E-state index is 11.8. The minimum Gasteiger partial charge on any atom is -0.506 e. The van der Waals surface area contributed by atoms with Crippen LogP contribution < -0.4 is 4.72 Å². The van der Waals surface area contributed by atoms with E-state index in [1.807, 2.05) is 20.8 Å². The summed E-state index contributed by atoms with van der Waals surface area (Å²) in [7, 11) is -2.08. The largest absolute Gasteiger partial charge is 0.506 e. The number of ether oxygens (including phenoxy) is 1. The Morgan fingerprint density at radius 2 is 1.95 bits per heavy atom. The molecule has 5 nitrogen and oxygen atoms in total. The monoisotopic (exact) mass is 287 g/mol. The van der Waals surface area contributed by atoms with Gasteiger partial charge in [-0.1, -0.05) is 26.8 Å². The molecule has 0 radical (unpaired) electrons. The lowest BCUT2D eigenvalue weighted by molar-refractivity contribution is 0.217. The molecular weight excluding hydrogens is 266 g/mol. The number of sulfonamides is 1. The summed E-state index contributed by atoms with van der Waals surface area (Å²) in [5.74, 6) is -0.239. The van der Waals surface area contributed by atoms with E-state index in [-0.39, 0.29) is 29.2 Å². The highest BCUT2D eigenvalue weighted by Gasteiger charge is 2.18. The Hall–Kier alpha value is -1.27. The summed E-state index contributed by atoms with van der Waals surface area (Å²) in [6.07, 6.45) is 0. The number of methoxy groups -OCH3 is 1. The lowest BCUT2D eigenvalue weighted by Gasteiger charge is -2.20. The quantitative estimate of drug-likeness (QED) is 0.813. The molecule has 0 spiro atoms. The van der Waals surface area contributed by atoms with Gasteiger partial charge in [0, 0.05) is 7.11 Å². The SMILES string of the molecule is COCCS(=O)(=O)Nc1cc(C(C)(C)C)ccc1O. The minimum atomic E-state index is -3.52. The van der Waals surface area contributed by atoms with E-state index in [0.717, 1.165) is 5.56 Å². The Labute approximate surface area is 114 Å². The third-order valence-electron chi connectivity index (χ3n) is 2.68. The molecule has 0 saturated carbocycles. The van der Waals surface area contributed by atoms with Crippen LogP contribution in [0.5, 0.6) is 5.75 Å². The van der Waals surface area contributed by atoms with E-state index < -0.39 is 10.0 Å². The average molecular weight is 287 g/mol. The molecule has 1 rings (SSSR count). The van der Waals surface area contributed by atoms with Gasteiger partial charge < -0.3 is 9.84 Å². The van der Waals surface area contributed by atoms with Crippen molar-refractivity contribution in [2.24, 2.45) is 0 Å². The number of hydrogen-bond donors (Lipinski definition) is 2. The first-order valence-corrected chi connectivity index (χ1v) is 7.64. The van der Waals surface area contributed by atoms with E-state index >= 15 is 0 Å². The van der Waals surface area contributed by atoms with Gasteiger partial charge in [0.1, 0.15) is 5.75 Å². The molecule has 0 heterocycles. The summed E-state index contributed by atoms with van der Waals surface area (Å²) in [4.78, 5) is 0. The molecule has 0 saturated heterocycles. The van der Waals surface area contributed by atoms with Crippen LogP contribution in [0.1, 0.15) is 26.3 Å². The molecule has 1 aromatic rings. The number of phenols is 1. The third-order valence-corrected chi connectivity index (χ3v) is 3.92. The summed E-state index contributed by atoms with van der Waals surface area (Å²) in [6, 6.07) is 4.93. The van der Waals surface area contributed by atoms with Gasteiger partial charge in [0.25, 0.3) is 0 Å². The highest BCUT2D eigenvalue weighted by atomic mass is 32.2. The molecule has 2 N–H and O–H groups in total. The maximum Gasteiger partial charge on any atom is 0.235 e. The molecule has 1 aromatic carbocycles. The molecule has 0 aliphatic heterocycles. The summed E-state index contributed by atoms with van der Waals surface area (Å²) in [5.41, 5.74) is 1.01. The zero-order chi connectivity index (χ0) is 14.7. The number of hydrogen-bond acceptors (Lipinski definition) is 4. The molecular formula is C13H21NO4S. The van der Waals surface area contributed by atoms with Crippen molar-refractivity contribution in [3.63, 3.8) is 0 Å². The van der Waals surface area contributed by atoms with Crippen molar-refractivity contribution in [3.05, 3.63) is 23.8 Å². The number of anilines is 1. The van der Waals surface area contributed by atoms with E-state index in [1.54, 1.807) is 12.1 Å². The van der Waals surface area contributed by atoms with Crippen LogP contribution in [-0.4, -0.2) is 33.0 Å². The molecule has 0 aliphatic carbocycles. The molecule has 6 heteroatoms. The van der Waals surface area contributed by atoms with Gasteiger partial charge in [0.15, 0.2) is 0 Å². The number of aromatic hydroxyl groups is 1. The van der Waals surface area contributed by atoms with E-state index in [4.69, 9.17) is 4.74 Å². The van der Waals surface area contributed by atoms with Gasteiger partial charge in [-0.2, -0.15) is 0 Å². The molecule has 0 aromatic heterocycles. The first-order valence-electron chi connectivity index (χ1n) is 5.98. The van der Waals surface area contributed by atoms with Crippen molar-refractivity contribution >= 4 is 15.7 Å². The highest BCUT2D eigenvalue weighted by molar-refractivity contribution is 7.92. The molecule has 108 valence electrons. The summed E-state index contributed by atoms with van der Waals surface area (Å²) in [6.45, 7) is 6.16. The Bertz CT molecular complexity index is 532. The second kappa shape index (κ2) is 5.79. The van der Waals surface area contributed by atoms with Gasteiger partial charge >= 0.3 is 0 Å². The minimum absolute atomic E-state index is 0.0889. The summed E-state index contributed by atoms with van der Waals surface area (Å²) < 4.78 is 30.7. The zero-order valence-corrected chi connectivity index (χ0v) is 12.5. The van der Waals surface area contributed by atoms with Crippen molar-refractivity contribution < 1.29 is 18.3 Å². The number of nitrogens with one attached hydrogen (secondary N) is 1. The fourth-order valence-electron chi connectivity index (χ4n) is 1.50. The first kappa shape index (κ1) is 15.8. The zero-order valence-electron chi connectivity index (χ0n) is 11.7. The summed E-state index contributed by atoms with van der Waals surface area (Å²) >= 11 is 0. The Morgan fingerprint density at radius 3 is 2.47 bits per heavy atom. The Kier molecular flexibility index (Phi) is 4.81. The van der Waals surface area contributed by atoms with Gasteiger partial charge in [-0.3, -0.25) is 4.72 Å². The fourth-order valence-corrected chi connectivity index (χ4v) is 2.48. The van der Waals surface area contributed by atoms with Crippen LogP contribution in [0, 0.1) is 0 Å². The van der Waals surface area contributed by atoms with Crippen LogP contribution in [0.2, 0.25) is 0 Å². The van der Waals surface area contributed by atoms with E-state index in [1.165, 1.54) is 13.2 Å². The second-order valence-corrected chi connectivity index (χ2v) is 7.24. The van der Waals surface area contributed by atoms with Crippen molar-refractivity contribution in [2.75, 3.05) is 24.2 Å². The van der Waals surface area contributed by atoms with Gasteiger partial charge in [0.05, 0.1) is 18.0 Å². The van der Waals surface area contributed by atoms with E-state index in [2.05, 4.69) is 4.72 Å². The molecule has 0 aliphatic rings. The van der Waals surface area contributed by atoms with Crippen molar-refractivity contribution in [1.29, 1.82) is 0 Å². The number of rotatable bonds is 5. The van der Waals surface area contributed by atoms with Gasteiger partial charge in [-0.25, -0.2) is 8.42 Å². The average Bonchev–Trinajstić information content (AvgIpc) is 2.28. The number of phenolic OH excluding ortho intramolecular Hbond substituents is 1. The third kappa shape index (κ3) is 4.72. The Balaban J connectivity index is 3.01. The molecule has 0 unspecified atom stereocenters. The first-order chi connectivity index (χ1) is 8.65. The van der Waals surface area contributed by atoms with Gasteiger partial charge in [-0.05, 0) is 23.1 Å². The second-order valence-electron chi connectivity index (χ2n) is 5.40. The molecule has 0 bridgehead atoms. The van der Waals surface area contributed by atoms with Crippen LogP contribution in [0.15, 0.2) is 18.2 Å². The van der Waals surface area contributed by atoms with Crippen LogP contribution in [-0.2, 0) is 20.2 Å². The standard InChI is InChI=1S/C13H21NO4S/c1-13(2,3)10-5-6-12(15)11(9-10)14-19(16,17)8-7-18-4/h5-6,9,14-15H,7-8H2,1-4H3. The molecule has 0 atom stereocenters. The fraction of sp³-hybridized carbons (Fsp3) is 0.538. The van der Waals surface area contributed by atoms with Crippen LogP contribution >= 0.6 is 0 Å². The topological polar surface area (TPSA) is 75.6 Å². The molecule has 0 amide bonds. The molecule has 19 heavy (non-hydrogen) atoms. The predicted molar refractivity (Wildman–Crippen MR) is 76.1 cm³/mol. The van der Waals surface area contributed by atoms with E-state index in [9.17, 15) is 13.5 Å². The highest BCUT2D eigenvalue weighted by Crippen LogP contribution is 2.31. The maximum atomic E-state index is 11.8. The van der Waals surface area contributed by atoms with E-state index in [0.29, 0.717) is 0 Å². The normalized spacial score (nSPS) is 12.4. The van der Waals surface area contributed by atoms with Crippen LogP contribution in [0.25, 0.3) is 0 Å². The lowest BCUT2D eigenvalue weighted by atomic mass is 9.87. The predicted octanol–water partition coefficient (Wildman–Crippen LogP) is 2.08. The van der Waals surface area contributed by atoms with Crippen LogP contribution in [0.4, 0.5) is 5.69 Å². The lowest BCUT2D eigenvalue weighted by Crippen LogP contribution is -2.20.